The maximum absolute atomic E-state index is 13.4. The summed E-state index contributed by atoms with van der Waals surface area (Å²) in [6.07, 6.45) is 16.9. The number of amides is 1. The van der Waals surface area contributed by atoms with Gasteiger partial charge in [-0.25, -0.2) is 15.0 Å². The summed E-state index contributed by atoms with van der Waals surface area (Å²) < 4.78 is 3.72. The van der Waals surface area contributed by atoms with E-state index in [-0.39, 0.29) is 23.7 Å². The number of nitrogen functional groups attached to an aromatic ring is 1. The second-order valence-corrected chi connectivity index (χ2v) is 16.4. The van der Waals surface area contributed by atoms with Crippen LogP contribution in [0.3, 0.4) is 0 Å². The second-order valence-electron chi connectivity index (χ2n) is 16.4. The fourth-order valence-electron chi connectivity index (χ4n) is 9.31. The van der Waals surface area contributed by atoms with Crippen LogP contribution in [-0.2, 0) is 36.6 Å². The average Bonchev–Trinajstić information content (AvgIpc) is 3.92. The molecule has 3 aliphatic heterocycles. The van der Waals surface area contributed by atoms with Gasteiger partial charge in [0.25, 0.3) is 0 Å². The lowest BCUT2D eigenvalue weighted by atomic mass is 9.74. The van der Waals surface area contributed by atoms with Gasteiger partial charge in [0.15, 0.2) is 11.2 Å². The molecule has 0 spiro atoms. The van der Waals surface area contributed by atoms with E-state index in [4.69, 9.17) is 5.73 Å². The fourth-order valence-corrected chi connectivity index (χ4v) is 9.31. The van der Waals surface area contributed by atoms with Crippen molar-refractivity contribution in [3.63, 3.8) is 0 Å². The summed E-state index contributed by atoms with van der Waals surface area (Å²) >= 11 is 0. The molecule has 15 nitrogen and oxygen atoms in total. The standard InChI is InChI=1S/C27H35N7O2.C16H23BN4O2/c1-32-17-12-31-26(32)27(36,23-4-2-3-10-29-23)22-8-15-34(16-9-22)25(35)21-6-13-33(14-7-21)19-20-5-11-30-24(28)18-20;1-17(23)21-10-6-13(7-11-21)16(22,14-5-3-4-8-18-14)15-19-9-12-20(15)2/h2-5,10-12,17-18,21-22,36H,6-9,13-16,19H2,1H3,(H2,28,30);3-5,8-9,12-13,22-23H,6-7,10-11H2,1-2H3. The number of piperidine rings is 3. The molecule has 1 amide bonds. The third-order valence-corrected chi connectivity index (χ3v) is 12.7. The van der Waals surface area contributed by atoms with E-state index in [1.165, 1.54) is 0 Å². The molecule has 2 unspecified atom stereocenters. The number of carbonyl (C=O) groups excluding carboxylic acids is 1. The summed E-state index contributed by atoms with van der Waals surface area (Å²) in [5, 5.41) is 33.4. The molecule has 0 aliphatic carbocycles. The Morgan fingerprint density at radius 2 is 1.24 bits per heavy atom. The van der Waals surface area contributed by atoms with Gasteiger partial charge in [-0.2, -0.15) is 0 Å². The van der Waals surface area contributed by atoms with E-state index in [1.54, 1.807) is 37.8 Å². The number of hydrogen-bond acceptors (Lipinski definition) is 12. The smallest absolute Gasteiger partial charge is 0.376 e. The summed E-state index contributed by atoms with van der Waals surface area (Å²) in [5.74, 6) is 1.99. The van der Waals surface area contributed by atoms with Crippen molar-refractivity contribution in [2.24, 2.45) is 31.8 Å². The minimum atomic E-state index is -1.30. The molecule has 59 heavy (non-hydrogen) atoms. The molecule has 0 aromatic carbocycles. The molecule has 16 heteroatoms. The summed E-state index contributed by atoms with van der Waals surface area (Å²) in [5.41, 5.74) is 5.68. The number of aromatic nitrogens is 7. The molecule has 3 saturated heterocycles. The predicted molar refractivity (Wildman–Crippen MR) is 225 cm³/mol. The van der Waals surface area contributed by atoms with Crippen LogP contribution >= 0.6 is 0 Å². The first-order chi connectivity index (χ1) is 28.5. The van der Waals surface area contributed by atoms with Gasteiger partial charge in [0.2, 0.25) is 5.91 Å². The molecule has 312 valence electrons. The van der Waals surface area contributed by atoms with Gasteiger partial charge in [-0.15, -0.1) is 0 Å². The van der Waals surface area contributed by atoms with Crippen LogP contribution < -0.4 is 5.73 Å². The van der Waals surface area contributed by atoms with E-state index >= 15 is 0 Å². The minimum absolute atomic E-state index is 0.00787. The van der Waals surface area contributed by atoms with Crippen LogP contribution in [0.25, 0.3) is 0 Å². The van der Waals surface area contributed by atoms with Gasteiger partial charge in [0.05, 0.1) is 11.4 Å². The normalized spacial score (nSPS) is 19.7. The Hall–Kier alpha value is -5.00. The van der Waals surface area contributed by atoms with Crippen molar-refractivity contribution >= 4 is 18.8 Å². The van der Waals surface area contributed by atoms with Crippen LogP contribution in [0.4, 0.5) is 5.82 Å². The lowest BCUT2D eigenvalue weighted by Gasteiger charge is -2.42. The Kier molecular flexibility index (Phi) is 13.2. The van der Waals surface area contributed by atoms with Crippen LogP contribution in [0.5, 0.6) is 0 Å². The minimum Gasteiger partial charge on any atom is -0.437 e. The molecule has 2 atom stereocenters. The van der Waals surface area contributed by atoms with Crippen molar-refractivity contribution in [3.05, 3.63) is 121 Å². The quantitative estimate of drug-likeness (QED) is 0.152. The average molecular weight is 804 g/mol. The Balaban J connectivity index is 0.000000198. The summed E-state index contributed by atoms with van der Waals surface area (Å²) in [4.78, 5) is 41.6. The predicted octanol–water partition coefficient (Wildman–Crippen LogP) is 3.05. The molecule has 0 bridgehead atoms. The van der Waals surface area contributed by atoms with Gasteiger partial charge in [-0.05, 0) is 113 Å². The molecule has 5 N–H and O–H groups in total. The molecule has 3 fully saturated rings. The van der Waals surface area contributed by atoms with Gasteiger partial charge in [0, 0.05) is 94.9 Å². The van der Waals surface area contributed by atoms with Crippen molar-refractivity contribution < 1.29 is 20.0 Å². The highest BCUT2D eigenvalue weighted by Crippen LogP contribution is 2.42. The van der Waals surface area contributed by atoms with E-state index in [0.717, 1.165) is 64.0 Å². The third-order valence-electron chi connectivity index (χ3n) is 12.7. The zero-order valence-electron chi connectivity index (χ0n) is 34.5. The van der Waals surface area contributed by atoms with Crippen LogP contribution in [0, 0.1) is 17.8 Å². The first-order valence-corrected chi connectivity index (χ1v) is 20.9. The van der Waals surface area contributed by atoms with Gasteiger partial charge in [0.1, 0.15) is 17.5 Å². The molecule has 0 saturated carbocycles. The second kappa shape index (κ2) is 18.5. The highest BCUT2D eigenvalue weighted by atomic mass is 16.3. The number of likely N-dealkylation sites (tertiary alicyclic amines) is 2. The Morgan fingerprint density at radius 1 is 0.712 bits per heavy atom. The highest BCUT2D eigenvalue weighted by Gasteiger charge is 2.47. The maximum Gasteiger partial charge on any atom is 0.376 e. The van der Waals surface area contributed by atoms with Crippen molar-refractivity contribution in [1.82, 2.24) is 48.7 Å². The van der Waals surface area contributed by atoms with E-state index in [0.29, 0.717) is 54.8 Å². The largest absolute Gasteiger partial charge is 0.437 e. The van der Waals surface area contributed by atoms with Gasteiger partial charge in [-0.1, -0.05) is 12.1 Å². The zero-order valence-corrected chi connectivity index (χ0v) is 34.5. The number of aryl methyl sites for hydroxylation is 2. The maximum atomic E-state index is 13.4. The van der Waals surface area contributed by atoms with Crippen molar-refractivity contribution in [2.45, 2.75) is 63.1 Å². The number of carbonyl (C=O) groups is 1. The van der Waals surface area contributed by atoms with Gasteiger partial charge in [-0.3, -0.25) is 19.7 Å². The van der Waals surface area contributed by atoms with Crippen molar-refractivity contribution in [2.75, 3.05) is 45.0 Å². The lowest BCUT2D eigenvalue weighted by Crippen LogP contribution is -2.49. The molecular weight excluding hydrogens is 745 g/mol. The number of rotatable bonds is 10. The Labute approximate surface area is 347 Å². The molecule has 3 aliphatic rings. The summed E-state index contributed by atoms with van der Waals surface area (Å²) in [6, 6.07) is 15.1. The number of imidazole rings is 2. The number of nitrogens with zero attached hydrogens (tertiary/aromatic N) is 10. The molecule has 0 radical (unpaired) electrons. The molecule has 8 rings (SSSR count). The number of anilines is 1. The van der Waals surface area contributed by atoms with Crippen LogP contribution in [0.15, 0.2) is 91.9 Å². The number of aliphatic hydroxyl groups is 2. The summed E-state index contributed by atoms with van der Waals surface area (Å²) in [6.45, 7) is 7.19. The zero-order chi connectivity index (χ0) is 41.6. The number of hydrogen-bond donors (Lipinski definition) is 4. The van der Waals surface area contributed by atoms with Crippen LogP contribution in [-0.4, -0.2) is 116 Å². The Bertz CT molecular complexity index is 2100. The van der Waals surface area contributed by atoms with Gasteiger partial charge >= 0.3 is 7.05 Å². The molecule has 5 aromatic heterocycles. The summed E-state index contributed by atoms with van der Waals surface area (Å²) in [7, 11) is 3.33. The van der Waals surface area contributed by atoms with Crippen molar-refractivity contribution in [3.8, 4) is 0 Å². The first kappa shape index (κ1) is 42.1. The van der Waals surface area contributed by atoms with E-state index in [1.807, 2.05) is 93.9 Å². The van der Waals surface area contributed by atoms with E-state index in [2.05, 4.69) is 29.8 Å². The third kappa shape index (κ3) is 9.11. The first-order valence-electron chi connectivity index (χ1n) is 20.9. The van der Waals surface area contributed by atoms with E-state index in [9.17, 15) is 20.0 Å². The SMILES string of the molecule is CB(O)N1CCC(C(O)(c2ccccn2)c2nccn2C)CC1.Cn1ccnc1C(O)(c1ccccn1)C1CCN(C(=O)C2CCN(Cc3ccnc(N)c3)CC2)CC1. The van der Waals surface area contributed by atoms with Crippen LogP contribution in [0.1, 0.15) is 67.1 Å². The van der Waals surface area contributed by atoms with Crippen LogP contribution in [0.2, 0.25) is 6.82 Å². The lowest BCUT2D eigenvalue weighted by molar-refractivity contribution is -0.140. The Morgan fingerprint density at radius 3 is 1.68 bits per heavy atom. The van der Waals surface area contributed by atoms with Crippen molar-refractivity contribution in [1.29, 1.82) is 0 Å². The number of pyridine rings is 3. The molecular formula is C43H58BN11O4. The highest BCUT2D eigenvalue weighted by molar-refractivity contribution is 6.45. The fraction of sp³-hybridized carbons (Fsp3) is 0.488. The number of nitrogens with two attached hydrogens (primary N) is 1. The molecule has 8 heterocycles. The van der Waals surface area contributed by atoms with Gasteiger partial charge < -0.3 is 39.8 Å². The monoisotopic (exact) mass is 803 g/mol. The topological polar surface area (TPSA) is 188 Å². The van der Waals surface area contributed by atoms with E-state index < -0.39 is 18.3 Å². The molecule has 5 aromatic rings.